The Morgan fingerprint density at radius 3 is 3.00 bits per heavy atom. The molecule has 1 atom stereocenters. The van der Waals surface area contributed by atoms with Crippen LogP contribution in [0, 0.1) is 0 Å². The molecule has 1 heterocycles. The van der Waals surface area contributed by atoms with Crippen molar-refractivity contribution in [2.24, 2.45) is 0 Å². The minimum atomic E-state index is 0.382. The van der Waals surface area contributed by atoms with Crippen LogP contribution < -0.4 is 5.32 Å². The summed E-state index contributed by atoms with van der Waals surface area (Å²) in [5.41, 5.74) is 1.09. The van der Waals surface area contributed by atoms with E-state index in [0.717, 1.165) is 25.1 Å². The Labute approximate surface area is 102 Å². The van der Waals surface area contributed by atoms with Crippen LogP contribution >= 0.6 is 11.5 Å². The van der Waals surface area contributed by atoms with Gasteiger partial charge in [-0.2, -0.15) is 0 Å². The Morgan fingerprint density at radius 2 is 2.38 bits per heavy atom. The molecule has 0 aliphatic heterocycles. The Kier molecular flexibility index (Phi) is 7.01. The SMILES string of the molecule is C=CCCCCCC(NCC)c1csnn1. The highest BCUT2D eigenvalue weighted by atomic mass is 32.1. The van der Waals surface area contributed by atoms with Gasteiger partial charge in [0.2, 0.25) is 0 Å². The summed E-state index contributed by atoms with van der Waals surface area (Å²) in [7, 11) is 0. The summed E-state index contributed by atoms with van der Waals surface area (Å²) in [6, 6.07) is 0.382. The van der Waals surface area contributed by atoms with Crippen molar-refractivity contribution >= 4 is 11.5 Å². The molecule has 0 spiro atoms. The standard InChI is InChI=1S/C12H21N3S/c1-3-5-6-7-8-9-11(13-4-2)12-10-16-15-14-12/h3,10-11,13H,1,4-9H2,2H3. The molecule has 1 N–H and O–H groups in total. The van der Waals surface area contributed by atoms with Gasteiger partial charge in [-0.15, -0.1) is 11.7 Å². The van der Waals surface area contributed by atoms with Gasteiger partial charge in [0.25, 0.3) is 0 Å². The van der Waals surface area contributed by atoms with Crippen molar-refractivity contribution in [3.8, 4) is 0 Å². The van der Waals surface area contributed by atoms with E-state index < -0.39 is 0 Å². The van der Waals surface area contributed by atoms with Crippen molar-refractivity contribution in [2.75, 3.05) is 6.54 Å². The molecular formula is C12H21N3S. The summed E-state index contributed by atoms with van der Waals surface area (Å²) in [5.74, 6) is 0. The number of hydrogen-bond acceptors (Lipinski definition) is 4. The summed E-state index contributed by atoms with van der Waals surface area (Å²) in [5, 5.41) is 9.64. The van der Waals surface area contributed by atoms with Crippen LogP contribution in [-0.2, 0) is 0 Å². The molecule has 0 fully saturated rings. The lowest BCUT2D eigenvalue weighted by Crippen LogP contribution is -2.21. The van der Waals surface area contributed by atoms with E-state index in [4.69, 9.17) is 0 Å². The smallest absolute Gasteiger partial charge is 0.0924 e. The van der Waals surface area contributed by atoms with Crippen molar-refractivity contribution in [3.05, 3.63) is 23.7 Å². The third-order valence-corrected chi connectivity index (χ3v) is 3.11. The fourth-order valence-corrected chi connectivity index (χ4v) is 2.25. The molecule has 1 aromatic heterocycles. The van der Waals surface area contributed by atoms with E-state index >= 15 is 0 Å². The van der Waals surface area contributed by atoms with Crippen molar-refractivity contribution in [2.45, 2.75) is 45.1 Å². The molecule has 0 radical (unpaired) electrons. The number of unbranched alkanes of at least 4 members (excludes halogenated alkanes) is 3. The molecule has 4 heteroatoms. The van der Waals surface area contributed by atoms with Crippen LogP contribution in [0.3, 0.4) is 0 Å². The van der Waals surface area contributed by atoms with E-state index in [0.29, 0.717) is 6.04 Å². The van der Waals surface area contributed by atoms with Gasteiger partial charge in [0.05, 0.1) is 11.7 Å². The minimum absolute atomic E-state index is 0.382. The van der Waals surface area contributed by atoms with Crippen LogP contribution in [0.1, 0.15) is 50.8 Å². The summed E-state index contributed by atoms with van der Waals surface area (Å²) >= 11 is 1.43. The lowest BCUT2D eigenvalue weighted by atomic mass is 10.1. The molecule has 0 aliphatic rings. The quantitative estimate of drug-likeness (QED) is 0.530. The zero-order valence-corrected chi connectivity index (χ0v) is 10.8. The summed E-state index contributed by atoms with van der Waals surface area (Å²) in [6.07, 6.45) is 8.03. The first kappa shape index (κ1) is 13.3. The number of nitrogens with one attached hydrogen (secondary N) is 1. The molecule has 0 aliphatic carbocycles. The van der Waals surface area contributed by atoms with Gasteiger partial charge in [0.1, 0.15) is 0 Å². The van der Waals surface area contributed by atoms with Crippen LogP contribution in [0.25, 0.3) is 0 Å². The molecule has 0 bridgehead atoms. The van der Waals surface area contributed by atoms with Crippen molar-refractivity contribution < 1.29 is 0 Å². The summed E-state index contributed by atoms with van der Waals surface area (Å²) in [4.78, 5) is 0. The largest absolute Gasteiger partial charge is 0.309 e. The highest BCUT2D eigenvalue weighted by Crippen LogP contribution is 2.18. The summed E-state index contributed by atoms with van der Waals surface area (Å²) < 4.78 is 3.92. The predicted molar refractivity (Wildman–Crippen MR) is 69.6 cm³/mol. The molecule has 0 amide bonds. The maximum absolute atomic E-state index is 4.14. The van der Waals surface area contributed by atoms with Crippen molar-refractivity contribution in [1.82, 2.24) is 14.9 Å². The normalized spacial score (nSPS) is 12.6. The first-order valence-corrected chi connectivity index (χ1v) is 6.83. The number of rotatable bonds is 9. The lowest BCUT2D eigenvalue weighted by molar-refractivity contribution is 0.474. The van der Waals surface area contributed by atoms with Crippen LogP contribution in [-0.4, -0.2) is 16.1 Å². The van der Waals surface area contributed by atoms with E-state index in [2.05, 4.69) is 28.4 Å². The molecule has 90 valence electrons. The third-order valence-electron chi connectivity index (χ3n) is 2.59. The van der Waals surface area contributed by atoms with Crippen molar-refractivity contribution in [1.29, 1.82) is 0 Å². The zero-order chi connectivity index (χ0) is 11.6. The summed E-state index contributed by atoms with van der Waals surface area (Å²) in [6.45, 7) is 6.84. The number of aromatic nitrogens is 2. The molecule has 16 heavy (non-hydrogen) atoms. The molecule has 0 saturated carbocycles. The minimum Gasteiger partial charge on any atom is -0.309 e. The fraction of sp³-hybridized carbons (Fsp3) is 0.667. The second kappa shape index (κ2) is 8.42. The van der Waals surface area contributed by atoms with Crippen LogP contribution in [0.2, 0.25) is 0 Å². The van der Waals surface area contributed by atoms with E-state index in [1.807, 2.05) is 11.5 Å². The predicted octanol–water partition coefficient (Wildman–Crippen LogP) is 3.33. The fourth-order valence-electron chi connectivity index (χ4n) is 1.74. The highest BCUT2D eigenvalue weighted by molar-refractivity contribution is 7.03. The average Bonchev–Trinajstić information content (AvgIpc) is 2.81. The molecule has 0 saturated heterocycles. The Bertz CT molecular complexity index is 272. The van der Waals surface area contributed by atoms with Gasteiger partial charge in [-0.3, -0.25) is 0 Å². The number of nitrogens with zero attached hydrogens (tertiary/aromatic N) is 2. The second-order valence-corrected chi connectivity index (χ2v) is 4.48. The second-order valence-electron chi connectivity index (χ2n) is 3.87. The first-order valence-electron chi connectivity index (χ1n) is 5.99. The van der Waals surface area contributed by atoms with Gasteiger partial charge in [0.15, 0.2) is 0 Å². The Morgan fingerprint density at radius 1 is 1.50 bits per heavy atom. The molecular weight excluding hydrogens is 218 g/mol. The lowest BCUT2D eigenvalue weighted by Gasteiger charge is -2.14. The highest BCUT2D eigenvalue weighted by Gasteiger charge is 2.12. The molecule has 1 unspecified atom stereocenters. The van der Waals surface area contributed by atoms with E-state index in [1.165, 1.54) is 30.8 Å². The topological polar surface area (TPSA) is 37.8 Å². The van der Waals surface area contributed by atoms with E-state index in [1.54, 1.807) is 0 Å². The van der Waals surface area contributed by atoms with Gasteiger partial charge >= 0.3 is 0 Å². The monoisotopic (exact) mass is 239 g/mol. The molecule has 1 rings (SSSR count). The van der Waals surface area contributed by atoms with Gasteiger partial charge in [-0.25, -0.2) is 0 Å². The molecule has 0 aromatic carbocycles. The first-order chi connectivity index (χ1) is 7.88. The zero-order valence-electron chi connectivity index (χ0n) is 9.98. The molecule has 3 nitrogen and oxygen atoms in total. The van der Waals surface area contributed by atoms with Crippen molar-refractivity contribution in [3.63, 3.8) is 0 Å². The Balaban J connectivity index is 2.26. The Hall–Kier alpha value is -0.740. The maximum Gasteiger partial charge on any atom is 0.0924 e. The van der Waals surface area contributed by atoms with Gasteiger partial charge < -0.3 is 5.32 Å². The van der Waals surface area contributed by atoms with Crippen LogP contribution in [0.4, 0.5) is 0 Å². The molecule has 1 aromatic rings. The van der Waals surface area contributed by atoms with Gasteiger partial charge in [-0.1, -0.05) is 30.3 Å². The van der Waals surface area contributed by atoms with Crippen LogP contribution in [0.5, 0.6) is 0 Å². The third kappa shape index (κ3) is 4.86. The number of hydrogen-bond donors (Lipinski definition) is 1. The van der Waals surface area contributed by atoms with E-state index in [-0.39, 0.29) is 0 Å². The van der Waals surface area contributed by atoms with E-state index in [9.17, 15) is 0 Å². The van der Waals surface area contributed by atoms with Gasteiger partial charge in [0, 0.05) is 5.38 Å². The van der Waals surface area contributed by atoms with Crippen LogP contribution in [0.15, 0.2) is 18.0 Å². The average molecular weight is 239 g/mol. The number of allylic oxidation sites excluding steroid dienone is 1. The maximum atomic E-state index is 4.14. The van der Waals surface area contributed by atoms with Gasteiger partial charge in [-0.05, 0) is 37.3 Å².